The van der Waals surface area contributed by atoms with Crippen LogP contribution in [0.5, 0.6) is 5.75 Å². The molecule has 164 valence electrons. The Hall–Kier alpha value is -3.26. The zero-order valence-electron chi connectivity index (χ0n) is 16.1. The number of nitrogens with two attached hydrogens (primary N) is 2. The van der Waals surface area contributed by atoms with Crippen LogP contribution in [0.4, 0.5) is 5.69 Å². The zero-order chi connectivity index (χ0) is 23.0. The lowest BCUT2D eigenvalue weighted by molar-refractivity contribution is -0.139. The largest absolute Gasteiger partial charge is 0.568 e. The number of benzene rings is 1. The van der Waals surface area contributed by atoms with E-state index in [1.807, 2.05) is 0 Å². The number of guanidine groups is 1. The summed E-state index contributed by atoms with van der Waals surface area (Å²) in [7, 11) is 1.00. The van der Waals surface area contributed by atoms with E-state index in [2.05, 4.69) is 19.7 Å². The number of thiophene rings is 1. The number of hydrogen-bond donors (Lipinski definition) is 5. The van der Waals surface area contributed by atoms with E-state index in [-0.39, 0.29) is 40.1 Å². The molecule has 0 bridgehead atoms. The number of rotatable bonds is 11. The lowest BCUT2D eigenvalue weighted by atomic mass is 10.1. The molecule has 0 saturated carbocycles. The minimum atomic E-state index is -4.06. The molecule has 2 rings (SSSR count). The van der Waals surface area contributed by atoms with Crippen LogP contribution in [0, 0.1) is 0 Å². The minimum absolute atomic E-state index is 0.00489. The molecule has 1 aromatic carbocycles. The summed E-state index contributed by atoms with van der Waals surface area (Å²) in [6.45, 7) is 0.206. The fourth-order valence-corrected chi connectivity index (χ4v) is 4.39. The fraction of sp³-hybridized carbons (Fsp3) is 0.235. The Bertz CT molecular complexity index is 1070. The molecule has 0 fully saturated rings. The van der Waals surface area contributed by atoms with Crippen molar-refractivity contribution in [2.45, 2.75) is 23.8 Å². The van der Waals surface area contributed by atoms with Crippen LogP contribution in [0.1, 0.15) is 22.5 Å². The van der Waals surface area contributed by atoms with Crippen LogP contribution in [-0.4, -0.2) is 52.0 Å². The molecule has 31 heavy (non-hydrogen) atoms. The Kier molecular flexibility index (Phi) is 8.27. The Morgan fingerprint density at radius 1 is 1.29 bits per heavy atom. The van der Waals surface area contributed by atoms with Crippen molar-refractivity contribution in [1.29, 1.82) is 0 Å². The molecular weight excluding hydrogens is 445 g/mol. The van der Waals surface area contributed by atoms with E-state index in [0.717, 1.165) is 11.3 Å². The number of carbonyl (C=O) groups excluding carboxylic acids is 1. The van der Waals surface area contributed by atoms with E-state index in [1.54, 1.807) is 0 Å². The molecule has 0 saturated heterocycles. The molecule has 1 aromatic heterocycles. The lowest BCUT2D eigenvalue weighted by Gasteiger charge is -2.15. The molecular formula is C17H20BN5O6S2. The predicted molar refractivity (Wildman–Crippen MR) is 117 cm³/mol. The van der Waals surface area contributed by atoms with Crippen molar-refractivity contribution in [1.82, 2.24) is 5.32 Å². The topological polar surface area (TPSA) is 186 Å². The summed E-state index contributed by atoms with van der Waals surface area (Å²) < 4.78 is 32.1. The first kappa shape index (κ1) is 24.0. The maximum atomic E-state index is 12.6. The Labute approximate surface area is 184 Å². The highest BCUT2D eigenvalue weighted by Gasteiger charge is 2.24. The number of nitrogens with zero attached hydrogens (tertiary/aromatic N) is 1. The van der Waals surface area contributed by atoms with Gasteiger partial charge in [-0.2, -0.15) is 0 Å². The van der Waals surface area contributed by atoms with Gasteiger partial charge in [0.1, 0.15) is 10.9 Å². The molecule has 2 radical (unpaired) electrons. The molecule has 2 aromatic rings. The minimum Gasteiger partial charge on any atom is -0.568 e. The molecule has 1 amide bonds. The molecule has 11 nitrogen and oxygen atoms in total. The number of sulfonamides is 1. The third-order valence-electron chi connectivity index (χ3n) is 3.92. The highest BCUT2D eigenvalue weighted by atomic mass is 32.2. The molecule has 1 atom stereocenters. The van der Waals surface area contributed by atoms with Crippen molar-refractivity contribution >= 4 is 52.9 Å². The number of carbonyl (C=O) groups is 2. The summed E-state index contributed by atoms with van der Waals surface area (Å²) in [6, 6.07) is 5.65. The monoisotopic (exact) mass is 465 g/mol. The molecule has 14 heteroatoms. The van der Waals surface area contributed by atoms with Crippen LogP contribution in [0.2, 0.25) is 0 Å². The van der Waals surface area contributed by atoms with Crippen molar-refractivity contribution < 1.29 is 27.8 Å². The molecule has 0 aliphatic carbocycles. The van der Waals surface area contributed by atoms with Crippen molar-refractivity contribution in [2.75, 3.05) is 11.3 Å². The zero-order valence-corrected chi connectivity index (χ0v) is 17.8. The lowest BCUT2D eigenvalue weighted by Crippen LogP contribution is -2.40. The second-order valence-electron chi connectivity index (χ2n) is 6.17. The van der Waals surface area contributed by atoms with Gasteiger partial charge in [0.2, 0.25) is 0 Å². The van der Waals surface area contributed by atoms with E-state index < -0.39 is 27.9 Å². The van der Waals surface area contributed by atoms with Crippen LogP contribution < -0.4 is 26.2 Å². The highest BCUT2D eigenvalue weighted by molar-refractivity contribution is 7.92. The van der Waals surface area contributed by atoms with Crippen molar-refractivity contribution in [3.8, 4) is 5.75 Å². The smallest absolute Gasteiger partial charge is 0.374 e. The van der Waals surface area contributed by atoms with Crippen LogP contribution >= 0.6 is 11.3 Å². The van der Waals surface area contributed by atoms with Crippen molar-refractivity contribution in [3.63, 3.8) is 0 Å². The average molecular weight is 465 g/mol. The molecule has 0 spiro atoms. The fourth-order valence-electron chi connectivity index (χ4n) is 2.47. The van der Waals surface area contributed by atoms with E-state index in [4.69, 9.17) is 19.5 Å². The average Bonchev–Trinajstić information content (AvgIpc) is 3.17. The maximum absolute atomic E-state index is 12.6. The van der Waals surface area contributed by atoms with Crippen molar-refractivity contribution in [2.24, 2.45) is 16.5 Å². The van der Waals surface area contributed by atoms with Gasteiger partial charge in [-0.3, -0.25) is 14.5 Å². The number of carboxylic acid groups (broad SMARTS) is 1. The summed E-state index contributed by atoms with van der Waals surface area (Å²) in [6.07, 6.45) is 0.398. The van der Waals surface area contributed by atoms with Crippen molar-refractivity contribution in [3.05, 3.63) is 40.6 Å². The number of anilines is 1. The SMILES string of the molecule is [B]Oc1cccc(S(=O)(=O)Nc2ccsc2C(=O)N[C@@H](CCCN=C(N)N)C(=O)O)c1. The van der Waals surface area contributed by atoms with Gasteiger partial charge in [0, 0.05) is 6.54 Å². The summed E-state index contributed by atoms with van der Waals surface area (Å²) in [5, 5.41) is 13.2. The highest BCUT2D eigenvalue weighted by Crippen LogP contribution is 2.26. The van der Waals surface area contributed by atoms with Crippen LogP contribution in [-0.2, 0) is 14.8 Å². The first-order chi connectivity index (χ1) is 14.6. The van der Waals surface area contributed by atoms with Crippen LogP contribution in [0.25, 0.3) is 0 Å². The van der Waals surface area contributed by atoms with Gasteiger partial charge in [-0.25, -0.2) is 13.2 Å². The summed E-state index contributed by atoms with van der Waals surface area (Å²) >= 11 is 0.956. The number of aliphatic imine (C=N–C) groups is 1. The Balaban J connectivity index is 2.13. The second kappa shape index (κ2) is 10.7. The summed E-state index contributed by atoms with van der Waals surface area (Å²) in [4.78, 5) is 27.7. The quantitative estimate of drug-likeness (QED) is 0.135. The standard InChI is InChI=1S/C17H20BN5O6S2/c18-29-10-3-1-4-11(9-10)31(27,28)23-12-6-8-30-14(12)15(24)22-13(16(25)26)5-2-7-21-17(19)20/h1,3-4,6,8-9,13,23H,2,5,7H2,(H,22,24)(H,25,26)(H4,19,20,21)/t13-/m0/s1. The molecule has 7 N–H and O–H groups in total. The second-order valence-corrected chi connectivity index (χ2v) is 8.77. The normalized spacial score (nSPS) is 11.9. The number of carboxylic acids is 1. The third kappa shape index (κ3) is 6.89. The van der Waals surface area contributed by atoms with E-state index in [9.17, 15) is 23.1 Å². The number of nitrogens with one attached hydrogen (secondary N) is 2. The first-order valence-corrected chi connectivity index (χ1v) is 11.2. The van der Waals surface area contributed by atoms with Gasteiger partial charge < -0.3 is 26.5 Å². The molecule has 0 aliphatic heterocycles. The molecule has 1 heterocycles. The van der Waals surface area contributed by atoms with Gasteiger partial charge in [-0.15, -0.1) is 11.3 Å². The van der Waals surface area contributed by atoms with Gasteiger partial charge in [-0.05, 0) is 42.5 Å². The maximum Gasteiger partial charge on any atom is 0.374 e. The summed E-state index contributed by atoms with van der Waals surface area (Å²) in [5.41, 5.74) is 10.4. The van der Waals surface area contributed by atoms with E-state index in [1.165, 1.54) is 35.7 Å². The number of amides is 1. The molecule has 0 unspecified atom stereocenters. The van der Waals surface area contributed by atoms with Gasteiger partial charge in [0.15, 0.2) is 5.96 Å². The number of hydrogen-bond acceptors (Lipinski definition) is 7. The van der Waals surface area contributed by atoms with E-state index in [0.29, 0.717) is 6.42 Å². The van der Waals surface area contributed by atoms with Gasteiger partial charge in [-0.1, -0.05) is 6.07 Å². The van der Waals surface area contributed by atoms with E-state index >= 15 is 0 Å². The predicted octanol–water partition coefficient (Wildman–Crippen LogP) is 0.248. The Morgan fingerprint density at radius 2 is 2.03 bits per heavy atom. The number of aliphatic carboxylic acids is 1. The first-order valence-electron chi connectivity index (χ1n) is 8.80. The van der Waals surface area contributed by atoms with Gasteiger partial charge >= 0.3 is 14.0 Å². The van der Waals surface area contributed by atoms with Gasteiger partial charge in [0.25, 0.3) is 15.9 Å². The third-order valence-corrected chi connectivity index (χ3v) is 6.19. The molecule has 0 aliphatic rings. The Morgan fingerprint density at radius 3 is 2.68 bits per heavy atom. The summed E-state index contributed by atoms with van der Waals surface area (Å²) in [5.74, 6) is -1.96. The van der Waals surface area contributed by atoms with Crippen LogP contribution in [0.15, 0.2) is 45.6 Å². The van der Waals surface area contributed by atoms with Crippen LogP contribution in [0.3, 0.4) is 0 Å². The van der Waals surface area contributed by atoms with Gasteiger partial charge in [0.05, 0.1) is 16.3 Å².